The van der Waals surface area contributed by atoms with E-state index in [0.717, 1.165) is 6.54 Å². The Bertz CT molecular complexity index is 695. The lowest BCUT2D eigenvalue weighted by atomic mass is 9.98. The number of nitrogens with zero attached hydrogens (tertiary/aromatic N) is 1. The number of aromatic amines is 1. The van der Waals surface area contributed by atoms with Gasteiger partial charge in [0.25, 0.3) is 0 Å². The third-order valence-electron chi connectivity index (χ3n) is 3.28. The lowest BCUT2D eigenvalue weighted by molar-refractivity contribution is 0.403. The first-order valence-corrected chi connectivity index (χ1v) is 6.46. The minimum atomic E-state index is 0.902. The molecule has 0 fully saturated rings. The Morgan fingerprint density at radius 3 is 2.89 bits per heavy atom. The smallest absolute Gasteiger partial charge is 0.0460 e. The molecule has 0 amide bonds. The zero-order chi connectivity index (χ0) is 13.2. The second kappa shape index (κ2) is 4.90. The molecule has 0 saturated carbocycles. The summed E-state index contributed by atoms with van der Waals surface area (Å²) in [4.78, 5) is 5.44. The number of fused-ring (bicyclic) bond motifs is 1. The Labute approximate surface area is 113 Å². The van der Waals surface area contributed by atoms with E-state index in [1.807, 2.05) is 18.3 Å². The van der Waals surface area contributed by atoms with E-state index < -0.39 is 0 Å². The molecule has 0 aliphatic heterocycles. The molecular formula is C17H17N2. The van der Waals surface area contributed by atoms with Crippen LogP contribution in [0.5, 0.6) is 0 Å². The minimum Gasteiger partial charge on any atom is -0.361 e. The topological polar surface area (TPSA) is 19.0 Å². The second-order valence-corrected chi connectivity index (χ2v) is 5.08. The van der Waals surface area contributed by atoms with Crippen LogP contribution >= 0.6 is 0 Å². The van der Waals surface area contributed by atoms with Crippen LogP contribution < -0.4 is 0 Å². The Balaban J connectivity index is 2.09. The summed E-state index contributed by atoms with van der Waals surface area (Å²) in [5, 5.41) is 1.25. The van der Waals surface area contributed by atoms with E-state index in [4.69, 9.17) is 0 Å². The molecule has 2 aromatic carbocycles. The predicted molar refractivity (Wildman–Crippen MR) is 80.0 cm³/mol. The number of hydrogen-bond donors (Lipinski definition) is 1. The van der Waals surface area contributed by atoms with Crippen LogP contribution in [-0.4, -0.2) is 24.0 Å². The van der Waals surface area contributed by atoms with Crippen LogP contribution in [0.1, 0.15) is 5.56 Å². The molecule has 19 heavy (non-hydrogen) atoms. The normalized spacial score (nSPS) is 11.3. The lowest BCUT2D eigenvalue weighted by Gasteiger charge is -2.14. The molecule has 2 heteroatoms. The van der Waals surface area contributed by atoms with Crippen molar-refractivity contribution in [2.45, 2.75) is 6.54 Å². The van der Waals surface area contributed by atoms with Gasteiger partial charge in [0, 0.05) is 18.3 Å². The fourth-order valence-electron chi connectivity index (χ4n) is 2.40. The van der Waals surface area contributed by atoms with Gasteiger partial charge in [0.2, 0.25) is 0 Å². The van der Waals surface area contributed by atoms with Gasteiger partial charge in [0.15, 0.2) is 0 Å². The van der Waals surface area contributed by atoms with Gasteiger partial charge in [-0.1, -0.05) is 30.3 Å². The molecule has 1 aromatic heterocycles. The van der Waals surface area contributed by atoms with Gasteiger partial charge >= 0.3 is 0 Å². The van der Waals surface area contributed by atoms with Crippen molar-refractivity contribution in [3.63, 3.8) is 0 Å². The van der Waals surface area contributed by atoms with Crippen LogP contribution in [0.25, 0.3) is 22.0 Å². The average molecular weight is 249 g/mol. The van der Waals surface area contributed by atoms with Crippen LogP contribution in [0.15, 0.2) is 48.7 Å². The molecule has 0 saturated heterocycles. The van der Waals surface area contributed by atoms with E-state index in [-0.39, 0.29) is 0 Å². The van der Waals surface area contributed by atoms with Gasteiger partial charge in [-0.3, -0.25) is 0 Å². The first-order chi connectivity index (χ1) is 9.24. The maximum atomic E-state index is 3.36. The third-order valence-corrected chi connectivity index (χ3v) is 3.28. The maximum Gasteiger partial charge on any atom is 0.0460 e. The summed E-state index contributed by atoms with van der Waals surface area (Å²) in [5.41, 5.74) is 4.91. The molecule has 3 aromatic rings. The van der Waals surface area contributed by atoms with Crippen LogP contribution in [0, 0.1) is 6.07 Å². The zero-order valence-corrected chi connectivity index (χ0v) is 11.3. The fraction of sp³-hybridized carbons (Fsp3) is 0.176. The summed E-state index contributed by atoms with van der Waals surface area (Å²) < 4.78 is 0. The first kappa shape index (κ1) is 12.0. The van der Waals surface area contributed by atoms with Gasteiger partial charge in [0.1, 0.15) is 0 Å². The standard InChI is InChI=1S/C17H17N2/c1-19(2)12-15-5-3-4-6-16(15)14-8-7-13-9-10-18-17(13)11-14/h3-4,6-11,18H,12H2,1-2H3. The van der Waals surface area contributed by atoms with E-state index in [1.54, 1.807) is 0 Å². The molecule has 0 bridgehead atoms. The summed E-state index contributed by atoms with van der Waals surface area (Å²) in [5.74, 6) is 0. The Morgan fingerprint density at radius 2 is 2.05 bits per heavy atom. The van der Waals surface area contributed by atoms with Crippen molar-refractivity contribution < 1.29 is 0 Å². The van der Waals surface area contributed by atoms with Crippen molar-refractivity contribution in [3.8, 4) is 11.1 Å². The molecular weight excluding hydrogens is 232 g/mol. The van der Waals surface area contributed by atoms with E-state index in [0.29, 0.717) is 0 Å². The Hall–Kier alpha value is -2.06. The third kappa shape index (κ3) is 2.40. The first-order valence-electron chi connectivity index (χ1n) is 6.46. The van der Waals surface area contributed by atoms with Crippen molar-refractivity contribution >= 4 is 10.9 Å². The molecule has 0 aliphatic carbocycles. The van der Waals surface area contributed by atoms with E-state index >= 15 is 0 Å². The van der Waals surface area contributed by atoms with Gasteiger partial charge < -0.3 is 9.88 Å². The van der Waals surface area contributed by atoms with Gasteiger partial charge in [-0.15, -0.1) is 0 Å². The van der Waals surface area contributed by atoms with E-state index in [2.05, 4.69) is 60.4 Å². The summed E-state index contributed by atoms with van der Waals surface area (Å²) in [6.45, 7) is 0.902. The van der Waals surface area contributed by atoms with Gasteiger partial charge in [-0.2, -0.15) is 0 Å². The number of aromatic nitrogens is 1. The van der Waals surface area contributed by atoms with Crippen LogP contribution in [0.2, 0.25) is 0 Å². The van der Waals surface area contributed by atoms with Gasteiger partial charge in [-0.05, 0) is 54.4 Å². The van der Waals surface area contributed by atoms with Crippen molar-refractivity contribution in [1.82, 2.24) is 9.88 Å². The second-order valence-electron chi connectivity index (χ2n) is 5.08. The zero-order valence-electron chi connectivity index (χ0n) is 11.3. The minimum absolute atomic E-state index is 0.902. The van der Waals surface area contributed by atoms with E-state index in [1.165, 1.54) is 27.6 Å². The fourth-order valence-corrected chi connectivity index (χ4v) is 2.40. The van der Waals surface area contributed by atoms with Gasteiger partial charge in [-0.25, -0.2) is 0 Å². The number of nitrogens with one attached hydrogen (secondary N) is 1. The highest BCUT2D eigenvalue weighted by atomic mass is 15.0. The number of benzene rings is 2. The monoisotopic (exact) mass is 249 g/mol. The molecule has 1 radical (unpaired) electrons. The van der Waals surface area contributed by atoms with Crippen LogP contribution in [-0.2, 0) is 6.54 Å². The summed E-state index contributed by atoms with van der Waals surface area (Å²) >= 11 is 0. The summed E-state index contributed by atoms with van der Waals surface area (Å²) in [6.07, 6.45) is 1.98. The SMILES string of the molecule is CN(C)Cc1[c]cccc1-c1ccc2cc[nH]c2c1. The Kier molecular flexibility index (Phi) is 3.10. The van der Waals surface area contributed by atoms with Crippen molar-refractivity contribution in [3.05, 3.63) is 60.3 Å². The number of H-pyrrole nitrogens is 1. The molecule has 3 rings (SSSR count). The van der Waals surface area contributed by atoms with Crippen molar-refractivity contribution in [2.75, 3.05) is 14.1 Å². The molecule has 95 valence electrons. The largest absolute Gasteiger partial charge is 0.361 e. The molecule has 0 atom stereocenters. The summed E-state index contributed by atoms with van der Waals surface area (Å²) in [6, 6.07) is 18.2. The molecule has 1 N–H and O–H groups in total. The molecule has 1 heterocycles. The predicted octanol–water partition coefficient (Wildman–Crippen LogP) is 3.70. The van der Waals surface area contributed by atoms with Crippen LogP contribution in [0.4, 0.5) is 0 Å². The number of hydrogen-bond acceptors (Lipinski definition) is 1. The Morgan fingerprint density at radius 1 is 1.16 bits per heavy atom. The average Bonchev–Trinajstić information content (AvgIpc) is 2.86. The van der Waals surface area contributed by atoms with Crippen molar-refractivity contribution in [1.29, 1.82) is 0 Å². The van der Waals surface area contributed by atoms with Crippen LogP contribution in [0.3, 0.4) is 0 Å². The lowest BCUT2D eigenvalue weighted by Crippen LogP contribution is -2.11. The molecule has 2 nitrogen and oxygen atoms in total. The number of rotatable bonds is 3. The van der Waals surface area contributed by atoms with Crippen molar-refractivity contribution in [2.24, 2.45) is 0 Å². The quantitative estimate of drug-likeness (QED) is 0.750. The molecule has 0 spiro atoms. The molecule has 0 aliphatic rings. The van der Waals surface area contributed by atoms with E-state index in [9.17, 15) is 0 Å². The van der Waals surface area contributed by atoms with Gasteiger partial charge in [0.05, 0.1) is 0 Å². The highest BCUT2D eigenvalue weighted by Crippen LogP contribution is 2.27. The highest BCUT2D eigenvalue weighted by Gasteiger charge is 2.06. The summed E-state index contributed by atoms with van der Waals surface area (Å²) in [7, 11) is 4.16. The molecule has 0 unspecified atom stereocenters. The maximum absolute atomic E-state index is 3.36. The highest BCUT2D eigenvalue weighted by molar-refractivity contribution is 5.85.